The minimum absolute atomic E-state index is 0. The zero-order valence-electron chi connectivity index (χ0n) is 10.8. The Labute approximate surface area is 113 Å². The van der Waals surface area contributed by atoms with Crippen molar-refractivity contribution < 1.29 is 25.8 Å². The van der Waals surface area contributed by atoms with Crippen LogP contribution in [0.3, 0.4) is 0 Å². The molecule has 0 aromatic carbocycles. The Hall–Kier alpha value is 0.608. The first-order chi connectivity index (χ1) is 5.06. The molecule has 0 aliphatic heterocycles. The molecule has 3 heteroatoms. The molecule has 0 bridgehead atoms. The molecule has 0 saturated heterocycles. The zero-order chi connectivity index (χ0) is 10.4. The molecule has 0 atom stereocenters. The SMILES string of the molecule is C.CC(C)(C)N.[CH2-]COC(C)(C)C.[CH3-].[W+2]. The Morgan fingerprint density at radius 3 is 1.27 bits per heavy atom. The Kier molecular flexibility index (Phi) is 25.0. The summed E-state index contributed by atoms with van der Waals surface area (Å²) in [6.45, 7) is 16.0. The summed E-state index contributed by atoms with van der Waals surface area (Å²) >= 11 is 0. The van der Waals surface area contributed by atoms with E-state index in [2.05, 4.69) is 6.92 Å². The molecule has 0 spiro atoms. The number of ether oxygens (including phenoxy) is 1. The summed E-state index contributed by atoms with van der Waals surface area (Å²) < 4.78 is 5.12. The first-order valence-electron chi connectivity index (χ1n) is 4.28. The van der Waals surface area contributed by atoms with Gasteiger partial charge in [0.25, 0.3) is 0 Å². The molecule has 0 rings (SSSR count). The molecule has 0 heterocycles. The minimum atomic E-state index is -0.0122. The van der Waals surface area contributed by atoms with E-state index in [4.69, 9.17) is 10.5 Å². The van der Waals surface area contributed by atoms with Crippen LogP contribution in [0.5, 0.6) is 0 Å². The van der Waals surface area contributed by atoms with E-state index in [1.165, 1.54) is 0 Å². The summed E-state index contributed by atoms with van der Waals surface area (Å²) in [7, 11) is 0. The summed E-state index contributed by atoms with van der Waals surface area (Å²) in [5.41, 5.74) is 5.34. The maximum Gasteiger partial charge on any atom is 2.00 e. The Bertz CT molecular complexity index is 97.2. The van der Waals surface area contributed by atoms with Gasteiger partial charge in [-0.05, 0) is 41.5 Å². The summed E-state index contributed by atoms with van der Waals surface area (Å²) in [5.74, 6) is 0. The quantitative estimate of drug-likeness (QED) is 0.698. The third kappa shape index (κ3) is 109. The van der Waals surface area contributed by atoms with Crippen LogP contribution in [0.15, 0.2) is 0 Å². The van der Waals surface area contributed by atoms with Gasteiger partial charge in [-0.15, -0.1) is 0 Å². The average Bonchev–Trinajstić information content (AvgIpc) is 1.54. The Morgan fingerprint density at radius 2 is 1.27 bits per heavy atom. The van der Waals surface area contributed by atoms with E-state index in [0.29, 0.717) is 6.61 Å². The molecule has 0 unspecified atom stereocenters. The fourth-order valence-electron chi connectivity index (χ4n) is 0.306. The Balaban J connectivity index is -0.0000000383. The zero-order valence-corrected chi connectivity index (χ0v) is 13.7. The van der Waals surface area contributed by atoms with Crippen LogP contribution in [-0.4, -0.2) is 17.7 Å². The van der Waals surface area contributed by atoms with Gasteiger partial charge in [-0.25, -0.2) is 0 Å². The van der Waals surface area contributed by atoms with E-state index in [1.807, 2.05) is 41.5 Å². The van der Waals surface area contributed by atoms with Crippen molar-refractivity contribution in [3.05, 3.63) is 14.4 Å². The van der Waals surface area contributed by atoms with Crippen molar-refractivity contribution in [1.82, 2.24) is 0 Å². The van der Waals surface area contributed by atoms with Crippen molar-refractivity contribution >= 4 is 0 Å². The van der Waals surface area contributed by atoms with Crippen molar-refractivity contribution in [2.75, 3.05) is 6.61 Å². The van der Waals surface area contributed by atoms with E-state index < -0.39 is 0 Å². The van der Waals surface area contributed by atoms with Gasteiger partial charge in [0.1, 0.15) is 0 Å². The molecule has 2 N–H and O–H groups in total. The van der Waals surface area contributed by atoms with Crippen molar-refractivity contribution in [3.63, 3.8) is 0 Å². The van der Waals surface area contributed by atoms with Gasteiger partial charge in [0, 0.05) is 5.54 Å². The summed E-state index contributed by atoms with van der Waals surface area (Å²) in [6.07, 6.45) is 0. The predicted molar refractivity (Wildman–Crippen MR) is 68.1 cm³/mol. The second kappa shape index (κ2) is 12.7. The van der Waals surface area contributed by atoms with Gasteiger partial charge in [0.15, 0.2) is 0 Å². The molecule has 96 valence electrons. The standard InChI is InChI=1S/C6H13O.C4H11N.CH4.CH3.W/c1-5-7-6(2,3)4;1-4(2,3)5;;;/h1,5H2,2-4H3;5H2,1-3H3;1H4;1H3;/q-1;;;-1;+2. The summed E-state index contributed by atoms with van der Waals surface area (Å²) in [6, 6.07) is 0. The van der Waals surface area contributed by atoms with Crippen molar-refractivity contribution in [2.45, 2.75) is 60.1 Å². The molecule has 0 aliphatic rings. The van der Waals surface area contributed by atoms with Crippen LogP contribution in [0.2, 0.25) is 0 Å². The molecule has 0 aliphatic carbocycles. The molecular weight excluding hydrogens is 358 g/mol. The van der Waals surface area contributed by atoms with Gasteiger partial charge in [-0.1, -0.05) is 14.0 Å². The fourth-order valence-corrected chi connectivity index (χ4v) is 0.306. The molecule has 0 saturated carbocycles. The third-order valence-corrected chi connectivity index (χ3v) is 0.535. The number of nitrogens with two attached hydrogens (primary N) is 1. The first-order valence-corrected chi connectivity index (χ1v) is 4.28. The third-order valence-electron chi connectivity index (χ3n) is 0.535. The van der Waals surface area contributed by atoms with Gasteiger partial charge < -0.3 is 24.8 Å². The predicted octanol–water partition coefficient (Wildman–Crippen LogP) is 3.46. The smallest absolute Gasteiger partial charge is 0.408 e. The first kappa shape index (κ1) is 29.6. The molecule has 0 aromatic rings. The van der Waals surface area contributed by atoms with Crippen LogP contribution in [0, 0.1) is 14.4 Å². The molecule has 15 heavy (non-hydrogen) atoms. The van der Waals surface area contributed by atoms with Gasteiger partial charge in [0.2, 0.25) is 0 Å². The molecule has 0 fully saturated rings. The average molecular weight is 389 g/mol. The minimum Gasteiger partial charge on any atom is -0.408 e. The van der Waals surface area contributed by atoms with Crippen LogP contribution in [0.4, 0.5) is 0 Å². The van der Waals surface area contributed by atoms with E-state index in [-0.39, 0.29) is 47.1 Å². The largest absolute Gasteiger partial charge is 2.00 e. The molecular formula is C12H31NOW. The normalized spacial score (nSPS) is 9.60. The fraction of sp³-hybridized carbons (Fsp3) is 0.833. The second-order valence-electron chi connectivity index (χ2n) is 4.83. The van der Waals surface area contributed by atoms with Crippen LogP contribution < -0.4 is 5.73 Å². The van der Waals surface area contributed by atoms with E-state index >= 15 is 0 Å². The monoisotopic (exact) mass is 389 g/mol. The number of hydrogen-bond acceptors (Lipinski definition) is 2. The summed E-state index contributed by atoms with van der Waals surface area (Å²) in [5, 5.41) is 0. The number of rotatable bonds is 1. The maximum atomic E-state index is 5.35. The van der Waals surface area contributed by atoms with Gasteiger partial charge in [0.05, 0.1) is 5.60 Å². The molecule has 0 radical (unpaired) electrons. The van der Waals surface area contributed by atoms with Crippen molar-refractivity contribution in [1.29, 1.82) is 0 Å². The van der Waals surface area contributed by atoms with Crippen molar-refractivity contribution in [2.24, 2.45) is 5.73 Å². The second-order valence-corrected chi connectivity index (χ2v) is 4.83. The van der Waals surface area contributed by atoms with Crippen LogP contribution >= 0.6 is 0 Å². The molecule has 2 nitrogen and oxygen atoms in total. The Morgan fingerprint density at radius 1 is 1.07 bits per heavy atom. The van der Waals surface area contributed by atoms with Crippen LogP contribution in [0.1, 0.15) is 49.0 Å². The number of hydrogen-bond donors (Lipinski definition) is 1. The van der Waals surface area contributed by atoms with E-state index in [0.717, 1.165) is 0 Å². The van der Waals surface area contributed by atoms with Crippen molar-refractivity contribution in [3.8, 4) is 0 Å². The molecule has 0 amide bonds. The van der Waals surface area contributed by atoms with E-state index in [1.54, 1.807) is 0 Å². The molecule has 0 aromatic heterocycles. The van der Waals surface area contributed by atoms with E-state index in [9.17, 15) is 0 Å². The maximum absolute atomic E-state index is 5.35. The van der Waals surface area contributed by atoms with Crippen LogP contribution in [0.25, 0.3) is 0 Å². The van der Waals surface area contributed by atoms with Crippen LogP contribution in [-0.2, 0) is 25.8 Å². The van der Waals surface area contributed by atoms with Gasteiger partial charge >= 0.3 is 21.1 Å². The van der Waals surface area contributed by atoms with Gasteiger partial charge in [-0.2, -0.15) is 0 Å². The summed E-state index contributed by atoms with van der Waals surface area (Å²) in [4.78, 5) is 0. The van der Waals surface area contributed by atoms with Gasteiger partial charge in [-0.3, -0.25) is 0 Å². The topological polar surface area (TPSA) is 35.2 Å².